The molecule has 0 unspecified atom stereocenters. The molecule has 0 spiro atoms. The summed E-state index contributed by atoms with van der Waals surface area (Å²) in [4.78, 5) is 0. The molecule has 0 atom stereocenters. The van der Waals surface area contributed by atoms with Crippen LogP contribution in [0.1, 0.15) is 30.8 Å². The maximum Gasteiger partial charge on any atom is 0.191 e. The molecule has 3 aromatic carbocycles. The monoisotopic (exact) mass is 387 g/mol. The van der Waals surface area contributed by atoms with E-state index in [1.54, 1.807) is 11.8 Å². The van der Waals surface area contributed by atoms with Crippen LogP contribution in [-0.4, -0.2) is 14.8 Å². The molecule has 0 fully saturated rings. The van der Waals surface area contributed by atoms with E-state index in [0.717, 1.165) is 29.7 Å². The molecule has 0 amide bonds. The summed E-state index contributed by atoms with van der Waals surface area (Å²) in [6.45, 7) is 5.42. The predicted molar refractivity (Wildman–Crippen MR) is 118 cm³/mol. The number of fused-ring (bicyclic) bond motifs is 1. The second kappa shape index (κ2) is 8.61. The van der Waals surface area contributed by atoms with Crippen molar-refractivity contribution in [1.82, 2.24) is 14.8 Å². The highest BCUT2D eigenvalue weighted by atomic mass is 32.2. The minimum Gasteiger partial charge on any atom is -0.305 e. The maximum absolute atomic E-state index is 4.54. The van der Waals surface area contributed by atoms with Crippen LogP contribution in [0.2, 0.25) is 0 Å². The smallest absolute Gasteiger partial charge is 0.191 e. The van der Waals surface area contributed by atoms with Crippen LogP contribution in [0.4, 0.5) is 0 Å². The summed E-state index contributed by atoms with van der Waals surface area (Å²) in [6, 6.07) is 25.6. The van der Waals surface area contributed by atoms with E-state index in [0.29, 0.717) is 5.92 Å². The quantitative estimate of drug-likeness (QED) is 0.366. The first-order valence-corrected chi connectivity index (χ1v) is 10.7. The molecule has 0 radical (unpaired) electrons. The van der Waals surface area contributed by atoms with Gasteiger partial charge in [0, 0.05) is 18.7 Å². The van der Waals surface area contributed by atoms with Crippen LogP contribution in [0.3, 0.4) is 0 Å². The van der Waals surface area contributed by atoms with E-state index in [4.69, 9.17) is 0 Å². The molecular formula is C24H25N3S. The van der Waals surface area contributed by atoms with Crippen LogP contribution in [0.5, 0.6) is 0 Å². The highest BCUT2D eigenvalue weighted by molar-refractivity contribution is 7.98. The highest BCUT2D eigenvalue weighted by Crippen LogP contribution is 2.27. The first-order chi connectivity index (χ1) is 13.7. The van der Waals surface area contributed by atoms with E-state index in [2.05, 4.69) is 95.3 Å². The molecule has 0 bridgehead atoms. The van der Waals surface area contributed by atoms with Gasteiger partial charge < -0.3 is 4.57 Å². The van der Waals surface area contributed by atoms with Gasteiger partial charge in [0.2, 0.25) is 0 Å². The Balaban J connectivity index is 1.58. The van der Waals surface area contributed by atoms with Gasteiger partial charge in [-0.1, -0.05) is 98.4 Å². The molecule has 28 heavy (non-hydrogen) atoms. The molecule has 142 valence electrons. The minimum absolute atomic E-state index is 0.544. The van der Waals surface area contributed by atoms with Crippen LogP contribution >= 0.6 is 11.8 Å². The fraction of sp³-hybridized carbons (Fsp3) is 0.250. The largest absolute Gasteiger partial charge is 0.305 e. The van der Waals surface area contributed by atoms with Crippen LogP contribution < -0.4 is 0 Å². The van der Waals surface area contributed by atoms with Crippen LogP contribution in [0.25, 0.3) is 10.8 Å². The Hall–Kier alpha value is -2.59. The first-order valence-electron chi connectivity index (χ1n) is 9.76. The van der Waals surface area contributed by atoms with Crippen molar-refractivity contribution < 1.29 is 0 Å². The van der Waals surface area contributed by atoms with Crippen LogP contribution in [0, 0.1) is 5.92 Å². The molecule has 0 aliphatic heterocycles. The number of nitrogens with zero attached hydrogens (tertiary/aromatic N) is 3. The average molecular weight is 388 g/mol. The lowest BCUT2D eigenvalue weighted by Crippen LogP contribution is -2.10. The summed E-state index contributed by atoms with van der Waals surface area (Å²) in [5.41, 5.74) is 2.61. The van der Waals surface area contributed by atoms with E-state index in [1.807, 2.05) is 6.07 Å². The SMILES string of the molecule is CC(C)Cn1c(Cc2ccccc2)nnc1SCc1cccc2ccccc12. The van der Waals surface area contributed by atoms with Gasteiger partial charge in [0.05, 0.1) is 0 Å². The number of rotatable bonds is 7. The summed E-state index contributed by atoms with van der Waals surface area (Å²) in [6.07, 6.45) is 0.815. The summed E-state index contributed by atoms with van der Waals surface area (Å²) < 4.78 is 2.30. The molecule has 1 aromatic heterocycles. The molecule has 0 aliphatic rings. The predicted octanol–water partition coefficient (Wildman–Crippen LogP) is 5.97. The van der Waals surface area contributed by atoms with E-state index >= 15 is 0 Å². The van der Waals surface area contributed by atoms with Crippen molar-refractivity contribution in [2.75, 3.05) is 0 Å². The molecule has 0 aliphatic carbocycles. The van der Waals surface area contributed by atoms with E-state index < -0.39 is 0 Å². The highest BCUT2D eigenvalue weighted by Gasteiger charge is 2.15. The third kappa shape index (κ3) is 4.28. The number of hydrogen-bond donors (Lipinski definition) is 0. The Morgan fingerprint density at radius 1 is 0.857 bits per heavy atom. The molecule has 3 nitrogen and oxygen atoms in total. The van der Waals surface area contributed by atoms with Gasteiger partial charge >= 0.3 is 0 Å². The van der Waals surface area contributed by atoms with E-state index in [9.17, 15) is 0 Å². The van der Waals surface area contributed by atoms with Gasteiger partial charge in [-0.3, -0.25) is 0 Å². The van der Waals surface area contributed by atoms with Crippen molar-refractivity contribution in [3.8, 4) is 0 Å². The Morgan fingerprint density at radius 2 is 1.61 bits per heavy atom. The molecule has 4 rings (SSSR count). The van der Waals surface area contributed by atoms with Crippen LogP contribution in [-0.2, 0) is 18.7 Å². The van der Waals surface area contributed by atoms with Crippen LogP contribution in [0.15, 0.2) is 78.0 Å². The molecule has 0 N–H and O–H groups in total. The molecule has 4 aromatic rings. The standard InChI is InChI=1S/C24H25N3S/c1-18(2)16-27-23(15-19-9-4-3-5-10-19)25-26-24(27)28-17-21-13-8-12-20-11-6-7-14-22(20)21/h3-14,18H,15-17H2,1-2H3. The van der Waals surface area contributed by atoms with Gasteiger partial charge in [0.1, 0.15) is 5.82 Å². The molecule has 0 saturated carbocycles. The normalized spacial score (nSPS) is 11.4. The molecular weight excluding hydrogens is 362 g/mol. The van der Waals surface area contributed by atoms with E-state index in [-0.39, 0.29) is 0 Å². The van der Waals surface area contributed by atoms with Gasteiger partial charge in [-0.25, -0.2) is 0 Å². The zero-order valence-electron chi connectivity index (χ0n) is 16.4. The van der Waals surface area contributed by atoms with Gasteiger partial charge in [-0.2, -0.15) is 0 Å². The number of aromatic nitrogens is 3. The number of hydrogen-bond acceptors (Lipinski definition) is 3. The van der Waals surface area contributed by atoms with Gasteiger partial charge in [0.15, 0.2) is 5.16 Å². The van der Waals surface area contributed by atoms with E-state index in [1.165, 1.54) is 21.9 Å². The first kappa shape index (κ1) is 18.8. The second-order valence-electron chi connectivity index (χ2n) is 7.49. The maximum atomic E-state index is 4.54. The zero-order chi connectivity index (χ0) is 19.3. The fourth-order valence-corrected chi connectivity index (χ4v) is 4.41. The van der Waals surface area contributed by atoms with Gasteiger partial charge in [-0.05, 0) is 27.8 Å². The summed E-state index contributed by atoms with van der Waals surface area (Å²) >= 11 is 1.78. The Kier molecular flexibility index (Phi) is 5.77. The summed E-state index contributed by atoms with van der Waals surface area (Å²) in [5.74, 6) is 2.48. The topological polar surface area (TPSA) is 30.7 Å². The third-order valence-electron chi connectivity index (χ3n) is 4.78. The lowest BCUT2D eigenvalue weighted by Gasteiger charge is -2.13. The van der Waals surface area contributed by atoms with Gasteiger partial charge in [0.25, 0.3) is 0 Å². The summed E-state index contributed by atoms with van der Waals surface area (Å²) in [7, 11) is 0. The van der Waals surface area contributed by atoms with Crippen molar-refractivity contribution in [2.45, 2.75) is 37.7 Å². The molecule has 1 heterocycles. The van der Waals surface area contributed by atoms with Crippen molar-refractivity contribution in [2.24, 2.45) is 5.92 Å². The van der Waals surface area contributed by atoms with Crippen molar-refractivity contribution in [1.29, 1.82) is 0 Å². The third-order valence-corrected chi connectivity index (χ3v) is 5.80. The fourth-order valence-electron chi connectivity index (χ4n) is 3.44. The lowest BCUT2D eigenvalue weighted by molar-refractivity contribution is 0.482. The summed E-state index contributed by atoms with van der Waals surface area (Å²) in [5, 5.41) is 12.7. The van der Waals surface area contributed by atoms with Crippen molar-refractivity contribution in [3.05, 3.63) is 89.7 Å². The molecule has 0 saturated heterocycles. The van der Waals surface area contributed by atoms with Crippen molar-refractivity contribution in [3.63, 3.8) is 0 Å². The zero-order valence-corrected chi connectivity index (χ0v) is 17.2. The number of benzene rings is 3. The van der Waals surface area contributed by atoms with Gasteiger partial charge in [-0.15, -0.1) is 10.2 Å². The average Bonchev–Trinajstić information content (AvgIpc) is 3.08. The van der Waals surface area contributed by atoms with Crippen molar-refractivity contribution >= 4 is 22.5 Å². The lowest BCUT2D eigenvalue weighted by atomic mass is 10.1. The molecule has 4 heteroatoms. The Bertz CT molecular complexity index is 1050. The minimum atomic E-state index is 0.544. The second-order valence-corrected chi connectivity index (χ2v) is 8.44. The Morgan fingerprint density at radius 3 is 2.43 bits per heavy atom. The Labute approximate surface area is 170 Å². The number of thioether (sulfide) groups is 1.